The van der Waals surface area contributed by atoms with Gasteiger partial charge in [-0.15, -0.1) is 0 Å². The molecule has 0 fully saturated rings. The van der Waals surface area contributed by atoms with E-state index in [-0.39, 0.29) is 23.9 Å². The number of carbonyl (C=O) groups excluding carboxylic acids is 2. The highest BCUT2D eigenvalue weighted by molar-refractivity contribution is 8.01. The molecule has 0 aliphatic carbocycles. The summed E-state index contributed by atoms with van der Waals surface area (Å²) in [5, 5.41) is 10.0. The number of aromatic nitrogens is 2. The molecule has 3 aromatic rings. The largest absolute Gasteiger partial charge is 0.460 e. The van der Waals surface area contributed by atoms with Gasteiger partial charge in [0.2, 0.25) is 5.91 Å². The molecule has 0 saturated heterocycles. The van der Waals surface area contributed by atoms with Crippen molar-refractivity contribution in [3.05, 3.63) is 91.9 Å². The number of amides is 1. The Hall–Kier alpha value is -4.17. The monoisotopic (exact) mass is 480 g/mol. The van der Waals surface area contributed by atoms with Gasteiger partial charge in [-0.2, -0.15) is 5.26 Å². The molecule has 1 aliphatic heterocycles. The van der Waals surface area contributed by atoms with E-state index in [1.165, 1.54) is 31.3 Å². The zero-order chi connectivity index (χ0) is 24.4. The number of ether oxygens (including phenoxy) is 1. The number of fused-ring (bicyclic) bond motifs is 1. The van der Waals surface area contributed by atoms with Crippen LogP contribution in [-0.4, -0.2) is 26.3 Å². The summed E-state index contributed by atoms with van der Waals surface area (Å²) in [7, 11) is 1.41. The number of benzene rings is 2. The van der Waals surface area contributed by atoms with Crippen LogP contribution in [0, 0.1) is 17.1 Å². The molecule has 1 unspecified atom stereocenters. The van der Waals surface area contributed by atoms with Crippen molar-refractivity contribution in [2.75, 3.05) is 5.32 Å². The molecule has 1 atom stereocenters. The second-order valence-electron chi connectivity index (χ2n) is 7.44. The van der Waals surface area contributed by atoms with Gasteiger partial charge in [-0.25, -0.2) is 9.18 Å². The number of nitriles is 1. The van der Waals surface area contributed by atoms with Crippen LogP contribution in [0.15, 0.2) is 63.0 Å². The predicted octanol–water partition coefficient (Wildman–Crippen LogP) is 1.76. The normalized spacial score (nSPS) is 14.6. The molecule has 34 heavy (non-hydrogen) atoms. The fraction of sp³-hybridized carbons (Fsp3) is 0.174. The Balaban J connectivity index is 1.59. The number of halogens is 1. The summed E-state index contributed by atoms with van der Waals surface area (Å²) in [4.78, 5) is 51.1. The first kappa shape index (κ1) is 23.0. The molecular weight excluding hydrogens is 463 g/mol. The third-order valence-corrected chi connectivity index (χ3v) is 6.40. The highest BCUT2D eigenvalue weighted by Crippen LogP contribution is 2.32. The van der Waals surface area contributed by atoms with Crippen LogP contribution in [-0.2, 0) is 34.5 Å². The first-order valence-corrected chi connectivity index (χ1v) is 10.9. The van der Waals surface area contributed by atoms with E-state index in [1.807, 2.05) is 6.07 Å². The molecule has 172 valence electrons. The fourth-order valence-corrected chi connectivity index (χ4v) is 4.39. The van der Waals surface area contributed by atoms with Gasteiger partial charge in [0.15, 0.2) is 5.25 Å². The van der Waals surface area contributed by atoms with Gasteiger partial charge in [0.05, 0.1) is 18.2 Å². The van der Waals surface area contributed by atoms with Gasteiger partial charge in [-0.1, -0.05) is 36.0 Å². The zero-order valence-electron chi connectivity index (χ0n) is 17.8. The van der Waals surface area contributed by atoms with Gasteiger partial charge in [-0.05, 0) is 35.4 Å². The van der Waals surface area contributed by atoms with Gasteiger partial charge in [-0.3, -0.25) is 23.5 Å². The second-order valence-corrected chi connectivity index (χ2v) is 8.56. The molecular formula is C23H17FN4O5S. The summed E-state index contributed by atoms with van der Waals surface area (Å²) in [6.07, 6.45) is 0. The van der Waals surface area contributed by atoms with Crippen molar-refractivity contribution in [2.24, 2.45) is 7.05 Å². The summed E-state index contributed by atoms with van der Waals surface area (Å²) < 4.78 is 20.3. The number of anilines is 1. The molecule has 4 rings (SSSR count). The number of nitrogens with one attached hydrogen (secondary N) is 1. The smallest absolute Gasteiger partial charge is 0.332 e. The predicted molar refractivity (Wildman–Crippen MR) is 121 cm³/mol. The van der Waals surface area contributed by atoms with E-state index in [1.54, 1.807) is 24.3 Å². The summed E-state index contributed by atoms with van der Waals surface area (Å²) in [6.45, 7) is -0.231. The molecule has 9 nitrogen and oxygen atoms in total. The SMILES string of the molecule is Cn1c2c(c(=O)n(Cc3ccc(C#N)cc3)c1=O)SC(C(=O)OCc1ccc(F)cc1)C(=O)N2. The number of thioether (sulfide) groups is 1. The van der Waals surface area contributed by atoms with Crippen molar-refractivity contribution in [2.45, 2.75) is 23.3 Å². The molecule has 11 heteroatoms. The lowest BCUT2D eigenvalue weighted by atomic mass is 10.1. The molecule has 0 spiro atoms. The van der Waals surface area contributed by atoms with Gasteiger partial charge in [0, 0.05) is 7.05 Å². The highest BCUT2D eigenvalue weighted by Gasteiger charge is 2.37. The van der Waals surface area contributed by atoms with Crippen molar-refractivity contribution >= 4 is 29.5 Å². The van der Waals surface area contributed by atoms with E-state index in [0.29, 0.717) is 28.5 Å². The summed E-state index contributed by atoms with van der Waals surface area (Å²) in [5.74, 6) is -2.02. The average Bonchev–Trinajstić information content (AvgIpc) is 2.85. The molecule has 1 amide bonds. The van der Waals surface area contributed by atoms with Crippen molar-refractivity contribution in [1.82, 2.24) is 9.13 Å². The van der Waals surface area contributed by atoms with E-state index in [2.05, 4.69) is 5.32 Å². The van der Waals surface area contributed by atoms with Crippen LogP contribution in [0.3, 0.4) is 0 Å². The number of esters is 1. The Bertz CT molecular complexity index is 1440. The minimum atomic E-state index is -1.36. The minimum Gasteiger partial charge on any atom is -0.460 e. The average molecular weight is 480 g/mol. The second kappa shape index (κ2) is 9.36. The molecule has 1 aromatic heterocycles. The summed E-state index contributed by atoms with van der Waals surface area (Å²) in [6, 6.07) is 13.7. The number of nitrogens with zero attached hydrogens (tertiary/aromatic N) is 3. The van der Waals surface area contributed by atoms with Gasteiger partial charge < -0.3 is 10.1 Å². The maximum absolute atomic E-state index is 13.1. The Morgan fingerprint density at radius 2 is 1.76 bits per heavy atom. The van der Waals surface area contributed by atoms with E-state index in [0.717, 1.165) is 9.13 Å². The van der Waals surface area contributed by atoms with Crippen LogP contribution >= 0.6 is 11.8 Å². The van der Waals surface area contributed by atoms with Crippen LogP contribution in [0.25, 0.3) is 0 Å². The van der Waals surface area contributed by atoms with E-state index < -0.39 is 34.2 Å². The van der Waals surface area contributed by atoms with Crippen LogP contribution in [0.4, 0.5) is 10.2 Å². The van der Waals surface area contributed by atoms with Crippen molar-refractivity contribution in [1.29, 1.82) is 5.26 Å². The summed E-state index contributed by atoms with van der Waals surface area (Å²) >= 11 is 0.708. The van der Waals surface area contributed by atoms with Crippen molar-refractivity contribution in [3.8, 4) is 6.07 Å². The number of rotatable bonds is 5. The third-order valence-electron chi connectivity index (χ3n) is 5.16. The number of carbonyl (C=O) groups is 2. The molecule has 0 bridgehead atoms. The first-order valence-electron chi connectivity index (χ1n) is 10.00. The molecule has 2 aromatic carbocycles. The van der Waals surface area contributed by atoms with E-state index >= 15 is 0 Å². The van der Waals surface area contributed by atoms with Crippen LogP contribution in [0.5, 0.6) is 0 Å². The van der Waals surface area contributed by atoms with Gasteiger partial charge >= 0.3 is 11.7 Å². The van der Waals surface area contributed by atoms with Crippen LogP contribution < -0.4 is 16.6 Å². The quantitative estimate of drug-likeness (QED) is 0.436. The Labute approximate surface area is 196 Å². The van der Waals surface area contributed by atoms with Gasteiger partial charge in [0.1, 0.15) is 23.1 Å². The maximum atomic E-state index is 13.1. The first-order chi connectivity index (χ1) is 16.3. The lowest BCUT2D eigenvalue weighted by Crippen LogP contribution is -2.46. The maximum Gasteiger partial charge on any atom is 0.332 e. The Morgan fingerprint density at radius 1 is 1.12 bits per heavy atom. The zero-order valence-corrected chi connectivity index (χ0v) is 18.6. The van der Waals surface area contributed by atoms with Crippen molar-refractivity contribution in [3.63, 3.8) is 0 Å². The minimum absolute atomic E-state index is 0.00339. The van der Waals surface area contributed by atoms with E-state index in [9.17, 15) is 23.6 Å². The summed E-state index contributed by atoms with van der Waals surface area (Å²) in [5.41, 5.74) is 0.284. The van der Waals surface area contributed by atoms with Crippen LogP contribution in [0.1, 0.15) is 16.7 Å². The van der Waals surface area contributed by atoms with Gasteiger partial charge in [0.25, 0.3) is 5.56 Å². The van der Waals surface area contributed by atoms with Crippen LogP contribution in [0.2, 0.25) is 0 Å². The molecule has 1 aliphatic rings. The molecule has 2 heterocycles. The van der Waals surface area contributed by atoms with E-state index in [4.69, 9.17) is 10.00 Å². The lowest BCUT2D eigenvalue weighted by Gasteiger charge is -2.24. The Morgan fingerprint density at radius 3 is 2.41 bits per heavy atom. The Kier molecular flexibility index (Phi) is 6.34. The lowest BCUT2D eigenvalue weighted by molar-refractivity contribution is -0.146. The highest BCUT2D eigenvalue weighted by atomic mass is 32.2. The topological polar surface area (TPSA) is 123 Å². The molecule has 1 N–H and O–H groups in total. The molecule has 0 saturated carbocycles. The fourth-order valence-electron chi connectivity index (χ4n) is 3.31. The number of hydrogen-bond donors (Lipinski definition) is 1. The third kappa shape index (κ3) is 4.49. The number of hydrogen-bond acceptors (Lipinski definition) is 7. The molecule has 0 radical (unpaired) electrons. The van der Waals surface area contributed by atoms with Crippen molar-refractivity contribution < 1.29 is 18.7 Å². The standard InChI is InChI=1S/C23H17FN4O5S/c1-27-19-17(21(30)28(23(27)32)11-14-4-2-13(10-25)3-5-14)34-18(20(29)26-19)22(31)33-12-15-6-8-16(24)9-7-15/h2-9,18H,11-12H2,1H3,(H,26,29).